The minimum atomic E-state index is -0.260. The van der Waals surface area contributed by atoms with Crippen molar-refractivity contribution in [3.63, 3.8) is 0 Å². The summed E-state index contributed by atoms with van der Waals surface area (Å²) in [4.78, 5) is 14.7. The predicted octanol–water partition coefficient (Wildman–Crippen LogP) is 3.57. The molecule has 1 aromatic rings. The minimum Gasteiger partial charge on any atom is -0.297 e. The zero-order valence-electron chi connectivity index (χ0n) is 9.62. The summed E-state index contributed by atoms with van der Waals surface area (Å²) in [6.07, 6.45) is 4.29. The first kappa shape index (κ1) is 12.3. The van der Waals surface area contributed by atoms with Crippen LogP contribution in [-0.4, -0.2) is 30.3 Å². The summed E-state index contributed by atoms with van der Waals surface area (Å²) in [5, 5.41) is 3.93. The van der Waals surface area contributed by atoms with E-state index in [2.05, 4.69) is 20.8 Å². The van der Waals surface area contributed by atoms with E-state index < -0.39 is 0 Å². The normalized spacial score (nSPS) is 19.2. The maximum atomic E-state index is 12.6. The number of ketones is 1. The Bertz CT molecular complexity index is 393. The van der Waals surface area contributed by atoms with Crippen LogP contribution in [0.2, 0.25) is 0 Å². The number of carbonyl (C=O) groups is 1. The second-order valence-corrected chi connectivity index (χ2v) is 6.19. The molecule has 0 saturated heterocycles. The molecule has 2 rings (SSSR count). The molecule has 0 aromatic carbocycles. The van der Waals surface area contributed by atoms with Gasteiger partial charge in [-0.15, -0.1) is 0 Å². The van der Waals surface area contributed by atoms with E-state index in [9.17, 15) is 4.79 Å². The number of carbonyl (C=O) groups excluding carboxylic acids is 1. The number of thiophene rings is 1. The van der Waals surface area contributed by atoms with Crippen molar-refractivity contribution in [3.05, 3.63) is 20.8 Å². The molecule has 0 aliphatic heterocycles. The molecule has 0 atom stereocenters. The highest BCUT2D eigenvalue weighted by Crippen LogP contribution is 2.38. The van der Waals surface area contributed by atoms with E-state index >= 15 is 0 Å². The quantitative estimate of drug-likeness (QED) is 0.796. The van der Waals surface area contributed by atoms with E-state index in [0.29, 0.717) is 0 Å². The highest BCUT2D eigenvalue weighted by Gasteiger charge is 2.43. The molecule has 1 heterocycles. The lowest BCUT2D eigenvalue weighted by atomic mass is 9.87. The second-order valence-electron chi connectivity index (χ2n) is 4.60. The van der Waals surface area contributed by atoms with Crippen molar-refractivity contribution in [2.45, 2.75) is 31.2 Å². The Kier molecular flexibility index (Phi) is 3.52. The third kappa shape index (κ3) is 1.87. The molecule has 16 heavy (non-hydrogen) atoms. The molecule has 0 bridgehead atoms. The van der Waals surface area contributed by atoms with Gasteiger partial charge in [0.1, 0.15) is 0 Å². The zero-order chi connectivity index (χ0) is 11.8. The summed E-state index contributed by atoms with van der Waals surface area (Å²) in [5.74, 6) is 0.281. The fraction of sp³-hybridized carbons (Fsp3) is 0.583. The van der Waals surface area contributed by atoms with Crippen molar-refractivity contribution in [2.75, 3.05) is 14.1 Å². The van der Waals surface area contributed by atoms with Gasteiger partial charge in [0.2, 0.25) is 0 Å². The molecule has 2 nitrogen and oxygen atoms in total. The number of hydrogen-bond acceptors (Lipinski definition) is 3. The molecule has 1 aliphatic rings. The van der Waals surface area contributed by atoms with E-state index in [1.165, 1.54) is 0 Å². The van der Waals surface area contributed by atoms with Gasteiger partial charge in [-0.25, -0.2) is 0 Å². The van der Waals surface area contributed by atoms with Gasteiger partial charge >= 0.3 is 0 Å². The van der Waals surface area contributed by atoms with E-state index in [4.69, 9.17) is 0 Å². The standard InChI is InChI=1S/C12H16BrNOS/c1-14(2)12(5-3-4-6-12)11(15)9-7-16-8-10(9)13/h7-8H,3-6H2,1-2H3. The highest BCUT2D eigenvalue weighted by molar-refractivity contribution is 9.10. The van der Waals surface area contributed by atoms with Crippen LogP contribution in [0, 0.1) is 0 Å². The first-order valence-corrected chi connectivity index (χ1v) is 7.25. The number of likely N-dealkylation sites (N-methyl/N-ethyl adjacent to an activating group) is 1. The summed E-state index contributed by atoms with van der Waals surface area (Å²) < 4.78 is 0.940. The van der Waals surface area contributed by atoms with Gasteiger partial charge in [-0.05, 0) is 42.9 Å². The molecule has 0 unspecified atom stereocenters. The lowest BCUT2D eigenvalue weighted by Gasteiger charge is -2.34. The third-order valence-corrected chi connectivity index (χ3v) is 5.27. The maximum absolute atomic E-state index is 12.6. The van der Waals surface area contributed by atoms with E-state index in [1.807, 2.05) is 24.9 Å². The first-order chi connectivity index (χ1) is 7.58. The smallest absolute Gasteiger partial charge is 0.185 e. The van der Waals surface area contributed by atoms with Gasteiger partial charge in [-0.1, -0.05) is 12.8 Å². The van der Waals surface area contributed by atoms with Crippen molar-refractivity contribution >= 4 is 33.0 Å². The van der Waals surface area contributed by atoms with Gasteiger partial charge in [-0.2, -0.15) is 11.3 Å². The molecule has 0 spiro atoms. The summed E-state index contributed by atoms with van der Waals surface area (Å²) >= 11 is 5.04. The number of halogens is 1. The Morgan fingerprint density at radius 3 is 2.44 bits per heavy atom. The van der Waals surface area contributed by atoms with Crippen LogP contribution < -0.4 is 0 Å². The average Bonchev–Trinajstić information content (AvgIpc) is 2.85. The molecule has 88 valence electrons. The summed E-state index contributed by atoms with van der Waals surface area (Å²) in [6.45, 7) is 0. The Hall–Kier alpha value is -0.190. The molecule has 1 aliphatic carbocycles. The maximum Gasteiger partial charge on any atom is 0.185 e. The van der Waals surface area contributed by atoms with Crippen molar-refractivity contribution in [3.8, 4) is 0 Å². The topological polar surface area (TPSA) is 20.3 Å². The Morgan fingerprint density at radius 2 is 2.00 bits per heavy atom. The average molecular weight is 302 g/mol. The number of Topliss-reactive ketones (excluding diaryl/α,β-unsaturated/α-hetero) is 1. The van der Waals surface area contributed by atoms with Crippen molar-refractivity contribution in [1.82, 2.24) is 4.90 Å². The third-order valence-electron chi connectivity index (χ3n) is 3.57. The van der Waals surface area contributed by atoms with Gasteiger partial charge in [-0.3, -0.25) is 9.69 Å². The summed E-state index contributed by atoms with van der Waals surface area (Å²) in [6, 6.07) is 0. The number of nitrogens with zero attached hydrogens (tertiary/aromatic N) is 1. The lowest BCUT2D eigenvalue weighted by molar-refractivity contribution is 0.0693. The first-order valence-electron chi connectivity index (χ1n) is 5.52. The van der Waals surface area contributed by atoms with Gasteiger partial charge in [0.25, 0.3) is 0 Å². The molecule has 0 amide bonds. The lowest BCUT2D eigenvalue weighted by Crippen LogP contribution is -2.48. The zero-order valence-corrected chi connectivity index (χ0v) is 12.0. The molecule has 0 N–H and O–H groups in total. The number of hydrogen-bond donors (Lipinski definition) is 0. The second kappa shape index (κ2) is 4.59. The minimum absolute atomic E-state index is 0.260. The van der Waals surface area contributed by atoms with E-state index in [1.54, 1.807) is 11.3 Å². The van der Waals surface area contributed by atoms with E-state index in [-0.39, 0.29) is 11.3 Å². The van der Waals surface area contributed by atoms with Crippen molar-refractivity contribution in [2.24, 2.45) is 0 Å². The van der Waals surface area contributed by atoms with E-state index in [0.717, 1.165) is 35.7 Å². The Labute approximate surface area is 109 Å². The predicted molar refractivity (Wildman–Crippen MR) is 71.2 cm³/mol. The fourth-order valence-corrected chi connectivity index (χ4v) is 3.99. The van der Waals surface area contributed by atoms with Crippen LogP contribution in [0.15, 0.2) is 15.2 Å². The van der Waals surface area contributed by atoms with Gasteiger partial charge in [0, 0.05) is 20.8 Å². The van der Waals surface area contributed by atoms with Gasteiger partial charge in [0.15, 0.2) is 5.78 Å². The number of rotatable bonds is 3. The molecule has 4 heteroatoms. The van der Waals surface area contributed by atoms with Crippen molar-refractivity contribution in [1.29, 1.82) is 0 Å². The SMILES string of the molecule is CN(C)C1(C(=O)c2cscc2Br)CCCC1. The molecule has 0 radical (unpaired) electrons. The van der Waals surface area contributed by atoms with Gasteiger partial charge < -0.3 is 0 Å². The van der Waals surface area contributed by atoms with Crippen LogP contribution in [-0.2, 0) is 0 Å². The van der Waals surface area contributed by atoms with Crippen LogP contribution in [0.4, 0.5) is 0 Å². The van der Waals surface area contributed by atoms with Crippen LogP contribution >= 0.6 is 27.3 Å². The molecule has 1 fully saturated rings. The Balaban J connectivity index is 2.35. The molecular formula is C12H16BrNOS. The van der Waals surface area contributed by atoms with Crippen LogP contribution in [0.25, 0.3) is 0 Å². The van der Waals surface area contributed by atoms with Crippen LogP contribution in [0.3, 0.4) is 0 Å². The fourth-order valence-electron chi connectivity index (χ4n) is 2.53. The van der Waals surface area contributed by atoms with Crippen LogP contribution in [0.1, 0.15) is 36.0 Å². The Morgan fingerprint density at radius 1 is 1.38 bits per heavy atom. The largest absolute Gasteiger partial charge is 0.297 e. The molecule has 1 saturated carbocycles. The summed E-state index contributed by atoms with van der Waals surface area (Å²) in [7, 11) is 4.03. The van der Waals surface area contributed by atoms with Crippen LogP contribution in [0.5, 0.6) is 0 Å². The van der Waals surface area contributed by atoms with Gasteiger partial charge in [0.05, 0.1) is 5.54 Å². The highest BCUT2D eigenvalue weighted by atomic mass is 79.9. The molecular weight excluding hydrogens is 286 g/mol. The van der Waals surface area contributed by atoms with Crippen molar-refractivity contribution < 1.29 is 4.79 Å². The monoisotopic (exact) mass is 301 g/mol. The summed E-state index contributed by atoms with van der Waals surface area (Å²) in [5.41, 5.74) is 0.587. The molecule has 1 aromatic heterocycles.